The lowest BCUT2D eigenvalue weighted by atomic mass is 10.0. The first-order valence-corrected chi connectivity index (χ1v) is 17.6. The minimum Gasteiger partial charge on any atom is -0.448 e. The van der Waals surface area contributed by atoms with Crippen LogP contribution in [0, 0.1) is 0 Å². The fourth-order valence-electron chi connectivity index (χ4n) is 4.96. The highest BCUT2D eigenvalue weighted by Crippen LogP contribution is 2.45. The Hall–Kier alpha value is -5.25. The Bertz CT molecular complexity index is 1880. The first-order chi connectivity index (χ1) is 23.9. The van der Waals surface area contributed by atoms with E-state index in [-0.39, 0.29) is 29.0 Å². The molecule has 6 rings (SSSR count). The van der Waals surface area contributed by atoms with Gasteiger partial charge in [0.1, 0.15) is 23.7 Å². The summed E-state index contributed by atoms with van der Waals surface area (Å²) in [6, 6.07) is 23.4. The molecule has 4 heterocycles. The predicted octanol–water partition coefficient (Wildman–Crippen LogP) is 4.77. The number of anilines is 1. The first-order valence-electron chi connectivity index (χ1n) is 14.9. The number of benzene rings is 2. The van der Waals surface area contributed by atoms with E-state index in [0.717, 1.165) is 28.4 Å². The van der Waals surface area contributed by atoms with Gasteiger partial charge in [0, 0.05) is 28.4 Å². The number of hydrogen-bond donors (Lipinski definition) is 2. The summed E-state index contributed by atoms with van der Waals surface area (Å²) in [4.78, 5) is 57.0. The van der Waals surface area contributed by atoms with Crippen molar-refractivity contribution in [3.63, 3.8) is 0 Å². The van der Waals surface area contributed by atoms with E-state index in [1.165, 1.54) is 34.5 Å². The van der Waals surface area contributed by atoms with Crippen LogP contribution in [-0.2, 0) is 24.0 Å². The molecule has 2 atom stereocenters. The van der Waals surface area contributed by atoms with Gasteiger partial charge in [0.25, 0.3) is 11.8 Å². The molecule has 0 aliphatic carbocycles. The second-order valence-electron chi connectivity index (χ2n) is 10.4. The van der Waals surface area contributed by atoms with E-state index >= 15 is 0 Å². The number of rotatable bonds is 13. The average molecular weight is 712 g/mol. The SMILES string of the molecule is C=CCO/N=C(\C(=O)NC1C(=O)N2C(C(=O)OC(c3ccccc3)c3ccccc3)=C(S/C=C\c3ccccn3)CS[C@H]12)c1nsc(N)n1. The number of nitrogen functional groups attached to an aromatic ring is 1. The molecule has 2 aromatic carbocycles. The quantitative estimate of drug-likeness (QED) is 0.0491. The van der Waals surface area contributed by atoms with E-state index in [0.29, 0.717) is 10.7 Å². The third kappa shape index (κ3) is 7.74. The fraction of sp³-hybridized carbons (Fsp3) is 0.147. The van der Waals surface area contributed by atoms with Gasteiger partial charge in [-0.15, -0.1) is 11.8 Å². The lowest BCUT2D eigenvalue weighted by Crippen LogP contribution is -2.71. The zero-order valence-corrected chi connectivity index (χ0v) is 28.2. The summed E-state index contributed by atoms with van der Waals surface area (Å²) in [6.07, 6.45) is 4.24. The highest BCUT2D eigenvalue weighted by atomic mass is 32.2. The fourth-order valence-corrected chi connectivity index (χ4v) is 7.73. The second kappa shape index (κ2) is 15.8. The monoisotopic (exact) mass is 711 g/mol. The van der Waals surface area contributed by atoms with Crippen molar-refractivity contribution in [2.45, 2.75) is 17.5 Å². The number of hydrogen-bond acceptors (Lipinski definition) is 13. The number of carbonyl (C=O) groups excluding carboxylic acids is 3. The number of carbonyl (C=O) groups is 3. The molecule has 1 unspecified atom stereocenters. The van der Waals surface area contributed by atoms with Crippen LogP contribution >= 0.6 is 35.1 Å². The van der Waals surface area contributed by atoms with Gasteiger partial charge in [-0.25, -0.2) is 4.79 Å². The molecule has 0 radical (unpaired) electrons. The van der Waals surface area contributed by atoms with Gasteiger partial charge in [-0.1, -0.05) is 96.3 Å². The molecular weight excluding hydrogens is 683 g/mol. The summed E-state index contributed by atoms with van der Waals surface area (Å²) in [5.74, 6) is -1.56. The van der Waals surface area contributed by atoms with Crippen LogP contribution < -0.4 is 11.1 Å². The van der Waals surface area contributed by atoms with Gasteiger partial charge in [-0.3, -0.25) is 19.5 Å². The molecule has 2 aliphatic heterocycles. The van der Waals surface area contributed by atoms with E-state index in [1.807, 2.05) is 90.3 Å². The summed E-state index contributed by atoms with van der Waals surface area (Å²) in [7, 11) is 0. The Kier molecular flexibility index (Phi) is 10.8. The number of nitrogens with zero attached hydrogens (tertiary/aromatic N) is 5. The second-order valence-corrected chi connectivity index (χ2v) is 13.3. The van der Waals surface area contributed by atoms with Crippen LogP contribution in [0.2, 0.25) is 0 Å². The predicted molar refractivity (Wildman–Crippen MR) is 191 cm³/mol. The largest absolute Gasteiger partial charge is 0.448 e. The van der Waals surface area contributed by atoms with Crippen molar-refractivity contribution in [3.05, 3.63) is 136 Å². The van der Waals surface area contributed by atoms with Gasteiger partial charge in [0.15, 0.2) is 11.2 Å². The van der Waals surface area contributed by atoms with E-state index in [9.17, 15) is 14.4 Å². The van der Waals surface area contributed by atoms with Gasteiger partial charge in [0.2, 0.25) is 11.5 Å². The standard InChI is InChI=1S/C34H29N7O5S3/c1-2-18-45-39-25(29-38-34(35)49-40-29)30(42)37-26-31(43)41-27(24(20-48-32(26)41)47-19-16-23-15-9-10-17-36-23)33(44)46-28(21-11-5-3-6-12-21)22-13-7-4-8-14-22/h2-17,19,26,28,32H,1,18,20H2,(H,37,42)(H2,35,38,40)/b19-16-,39-25-/t26?,32-/m1/s1. The maximum absolute atomic E-state index is 14.2. The van der Waals surface area contributed by atoms with E-state index in [4.69, 9.17) is 15.3 Å². The van der Waals surface area contributed by atoms with Crippen molar-refractivity contribution in [1.29, 1.82) is 0 Å². The number of fused-ring (bicyclic) bond motifs is 1. The van der Waals surface area contributed by atoms with Gasteiger partial charge in [-0.05, 0) is 34.7 Å². The molecular formula is C34H29N7O5S3. The maximum Gasteiger partial charge on any atom is 0.356 e. The summed E-state index contributed by atoms with van der Waals surface area (Å²) in [5.41, 5.74) is 7.88. The summed E-state index contributed by atoms with van der Waals surface area (Å²) < 4.78 is 10.3. The number of nitrogens with one attached hydrogen (secondary N) is 1. The highest BCUT2D eigenvalue weighted by Gasteiger charge is 2.55. The lowest BCUT2D eigenvalue weighted by molar-refractivity contribution is -0.154. The molecule has 3 N–H and O–H groups in total. The number of thioether (sulfide) groups is 2. The lowest BCUT2D eigenvalue weighted by Gasteiger charge is -2.49. The van der Waals surface area contributed by atoms with Crippen LogP contribution in [0.4, 0.5) is 5.13 Å². The number of amides is 2. The number of β-lactam (4-membered cyclic amide) rings is 1. The zero-order valence-electron chi connectivity index (χ0n) is 25.7. The van der Waals surface area contributed by atoms with Crippen molar-refractivity contribution in [1.82, 2.24) is 24.6 Å². The van der Waals surface area contributed by atoms with E-state index in [2.05, 4.69) is 31.4 Å². The molecule has 4 aromatic rings. The van der Waals surface area contributed by atoms with Crippen LogP contribution in [0.3, 0.4) is 0 Å². The number of oxime groups is 1. The Balaban J connectivity index is 1.28. The van der Waals surface area contributed by atoms with Gasteiger partial charge >= 0.3 is 5.97 Å². The van der Waals surface area contributed by atoms with Crippen molar-refractivity contribution in [2.24, 2.45) is 5.16 Å². The van der Waals surface area contributed by atoms with Crippen LogP contribution in [0.15, 0.2) is 119 Å². The van der Waals surface area contributed by atoms with Gasteiger partial charge in [-0.2, -0.15) is 9.36 Å². The van der Waals surface area contributed by atoms with Crippen molar-refractivity contribution >= 4 is 69.8 Å². The number of nitrogens with two attached hydrogens (primary N) is 1. The summed E-state index contributed by atoms with van der Waals surface area (Å²) >= 11 is 3.60. The molecule has 49 heavy (non-hydrogen) atoms. The Morgan fingerprint density at radius 2 is 1.82 bits per heavy atom. The number of esters is 1. The minimum atomic E-state index is -0.976. The molecule has 1 fully saturated rings. The van der Waals surface area contributed by atoms with E-state index in [1.54, 1.807) is 6.20 Å². The van der Waals surface area contributed by atoms with Gasteiger partial charge in [0.05, 0.1) is 5.69 Å². The summed E-state index contributed by atoms with van der Waals surface area (Å²) in [6.45, 7) is 3.60. The van der Waals surface area contributed by atoms with Crippen molar-refractivity contribution in [2.75, 3.05) is 18.1 Å². The molecule has 0 saturated carbocycles. The Morgan fingerprint density at radius 3 is 2.45 bits per heavy atom. The van der Waals surface area contributed by atoms with Crippen LogP contribution in [0.5, 0.6) is 0 Å². The molecule has 2 aromatic heterocycles. The Morgan fingerprint density at radius 1 is 1.10 bits per heavy atom. The number of aromatic nitrogens is 3. The van der Waals surface area contributed by atoms with Crippen LogP contribution in [0.1, 0.15) is 28.7 Å². The normalized spacial score (nSPS) is 17.4. The average Bonchev–Trinajstić information content (AvgIpc) is 3.57. The van der Waals surface area contributed by atoms with Crippen molar-refractivity contribution in [3.8, 4) is 0 Å². The first kappa shape index (κ1) is 33.6. The van der Waals surface area contributed by atoms with Gasteiger partial charge < -0.3 is 20.6 Å². The molecule has 15 heteroatoms. The maximum atomic E-state index is 14.2. The van der Waals surface area contributed by atoms with Crippen LogP contribution in [0.25, 0.3) is 6.08 Å². The smallest absolute Gasteiger partial charge is 0.356 e. The van der Waals surface area contributed by atoms with E-state index < -0.39 is 35.3 Å². The topological polar surface area (TPSA) is 162 Å². The zero-order chi connectivity index (χ0) is 34.2. The third-order valence-electron chi connectivity index (χ3n) is 7.20. The minimum absolute atomic E-state index is 0.0312. The molecule has 1 saturated heterocycles. The molecule has 2 aliphatic rings. The third-order valence-corrected chi connectivity index (χ3v) is 10.1. The highest BCUT2D eigenvalue weighted by molar-refractivity contribution is 8.08. The molecule has 0 bridgehead atoms. The molecule has 0 spiro atoms. The number of ether oxygens (including phenoxy) is 1. The van der Waals surface area contributed by atoms with Crippen LogP contribution in [-0.4, -0.2) is 66.5 Å². The van der Waals surface area contributed by atoms with Crippen molar-refractivity contribution < 1.29 is 24.0 Å². The summed E-state index contributed by atoms with van der Waals surface area (Å²) in [5, 5.41) is 7.95. The molecule has 12 nitrogen and oxygen atoms in total. The molecule has 2 amide bonds. The number of pyridine rings is 1. The molecule has 248 valence electrons. The Labute approximate surface area is 294 Å².